The number of hydrogen-bond acceptors (Lipinski definition) is 6. The molecule has 8 nitrogen and oxygen atoms in total. The van der Waals surface area contributed by atoms with E-state index < -0.39 is 47.8 Å². The van der Waals surface area contributed by atoms with Crippen molar-refractivity contribution in [2.75, 3.05) is 26.2 Å². The molecule has 3 N–H and O–H groups in total. The maximum atomic E-state index is 13.1. The third kappa shape index (κ3) is 11.3. The standard InChI is InChI=1S/C30H27F6N3O.2C2HF3O2/c31-29(32,33)28(40,30(34,35)36)25-11-9-23(10-12-25)22-7-5-21(6-8-22)19-38-15-17-39(18-16-38)20-24-13-14-37-27-4-2-1-3-26(24)27;2*3-2(4,5)1(6)7/h1-14,40H,15-20H2;2*(H,6,7). The number of para-hydroxylation sites is 1. The van der Waals surface area contributed by atoms with Crippen LogP contribution in [-0.2, 0) is 28.3 Å². The first-order chi connectivity index (χ1) is 24.8. The predicted molar refractivity (Wildman–Crippen MR) is 168 cm³/mol. The van der Waals surface area contributed by atoms with Crippen molar-refractivity contribution in [2.24, 2.45) is 0 Å². The minimum Gasteiger partial charge on any atom is -0.475 e. The van der Waals surface area contributed by atoms with Crippen LogP contribution in [0.5, 0.6) is 0 Å². The smallest absolute Gasteiger partial charge is 0.475 e. The van der Waals surface area contributed by atoms with Gasteiger partial charge in [0.25, 0.3) is 5.60 Å². The SMILES string of the molecule is O=C(O)C(F)(F)F.O=C(O)C(F)(F)F.OC(c1ccc(-c2ccc(CN3CCN(Cc4ccnc5ccccc45)CC3)cc2)cc1)(C(F)(F)F)C(F)(F)F. The van der Waals surface area contributed by atoms with Crippen LogP contribution in [0.1, 0.15) is 16.7 Å². The Balaban J connectivity index is 0.000000476. The summed E-state index contributed by atoms with van der Waals surface area (Å²) in [5.74, 6) is -5.51. The summed E-state index contributed by atoms with van der Waals surface area (Å²) in [5, 5.41) is 25.0. The molecule has 5 rings (SSSR count). The van der Waals surface area contributed by atoms with Crippen LogP contribution < -0.4 is 0 Å². The molecule has 1 aromatic heterocycles. The van der Waals surface area contributed by atoms with Gasteiger partial charge in [0.05, 0.1) is 5.52 Å². The number of carboxylic acids is 2. The Hall–Kier alpha value is -4.95. The Morgan fingerprint density at radius 3 is 1.43 bits per heavy atom. The van der Waals surface area contributed by atoms with Crippen LogP contribution in [0.15, 0.2) is 85.1 Å². The fourth-order valence-corrected chi connectivity index (χ4v) is 5.09. The summed E-state index contributed by atoms with van der Waals surface area (Å²) in [7, 11) is 0. The molecule has 0 spiro atoms. The number of aliphatic hydroxyl groups is 1. The van der Waals surface area contributed by atoms with Crippen LogP contribution >= 0.6 is 0 Å². The monoisotopic (exact) mass is 787 g/mol. The highest BCUT2D eigenvalue weighted by Gasteiger charge is 2.71. The number of piperazine rings is 1. The number of alkyl halides is 12. The Labute approximate surface area is 297 Å². The summed E-state index contributed by atoms with van der Waals surface area (Å²) >= 11 is 0. The fourth-order valence-electron chi connectivity index (χ4n) is 5.09. The predicted octanol–water partition coefficient (Wildman–Crippen LogP) is 7.80. The van der Waals surface area contributed by atoms with Crippen molar-refractivity contribution in [2.45, 2.75) is 43.4 Å². The molecule has 0 bridgehead atoms. The van der Waals surface area contributed by atoms with Crippen LogP contribution in [-0.4, -0.2) is 92.9 Å². The van der Waals surface area contributed by atoms with E-state index in [1.807, 2.05) is 36.5 Å². The number of pyridine rings is 1. The van der Waals surface area contributed by atoms with Gasteiger partial charge in [0, 0.05) is 56.4 Å². The Morgan fingerprint density at radius 2 is 1.00 bits per heavy atom. The number of rotatable bonds is 6. The minimum atomic E-state index is -5.91. The lowest BCUT2D eigenvalue weighted by atomic mass is 9.90. The van der Waals surface area contributed by atoms with Crippen LogP contribution in [0, 0.1) is 0 Å². The molecule has 0 atom stereocenters. The van der Waals surface area contributed by atoms with Crippen molar-refractivity contribution < 1.29 is 77.6 Å². The average Bonchev–Trinajstić information content (AvgIpc) is 3.08. The van der Waals surface area contributed by atoms with Gasteiger partial charge >= 0.3 is 36.6 Å². The highest BCUT2D eigenvalue weighted by atomic mass is 19.4. The van der Waals surface area contributed by atoms with Crippen LogP contribution in [0.4, 0.5) is 52.7 Å². The molecule has 0 saturated carbocycles. The van der Waals surface area contributed by atoms with Crippen molar-refractivity contribution >= 4 is 22.8 Å². The number of halogens is 12. The molecule has 0 aliphatic carbocycles. The summed E-state index contributed by atoms with van der Waals surface area (Å²) in [6.07, 6.45) is -20.1. The molecular formula is C34H29F12N3O5. The van der Waals surface area contributed by atoms with E-state index in [9.17, 15) is 57.8 Å². The number of benzene rings is 3. The summed E-state index contributed by atoms with van der Waals surface area (Å²) in [6, 6.07) is 21.2. The first-order valence-electron chi connectivity index (χ1n) is 15.3. The topological polar surface area (TPSA) is 114 Å². The average molecular weight is 788 g/mol. The van der Waals surface area contributed by atoms with Crippen molar-refractivity contribution in [3.8, 4) is 11.1 Å². The molecule has 294 valence electrons. The van der Waals surface area contributed by atoms with E-state index in [1.165, 1.54) is 10.9 Å². The van der Waals surface area contributed by atoms with Crippen molar-refractivity contribution in [3.63, 3.8) is 0 Å². The first-order valence-corrected chi connectivity index (χ1v) is 15.3. The van der Waals surface area contributed by atoms with E-state index in [-0.39, 0.29) is 0 Å². The van der Waals surface area contributed by atoms with Gasteiger partial charge in [0.15, 0.2) is 0 Å². The second-order valence-corrected chi connectivity index (χ2v) is 11.6. The third-order valence-electron chi connectivity index (χ3n) is 7.90. The van der Waals surface area contributed by atoms with E-state index in [0.29, 0.717) is 23.3 Å². The summed E-state index contributed by atoms with van der Waals surface area (Å²) in [5.41, 5.74) is -1.82. The van der Waals surface area contributed by atoms with Gasteiger partial charge in [0.2, 0.25) is 0 Å². The van der Waals surface area contributed by atoms with Gasteiger partial charge in [-0.2, -0.15) is 52.7 Å². The molecule has 54 heavy (non-hydrogen) atoms. The summed E-state index contributed by atoms with van der Waals surface area (Å²) < 4.78 is 142. The number of fused-ring (bicyclic) bond motifs is 1. The lowest BCUT2D eigenvalue weighted by molar-refractivity contribution is -0.376. The quantitative estimate of drug-likeness (QED) is 0.170. The zero-order valence-electron chi connectivity index (χ0n) is 27.4. The molecular weight excluding hydrogens is 758 g/mol. The van der Waals surface area contributed by atoms with Gasteiger partial charge in [0.1, 0.15) is 0 Å². The van der Waals surface area contributed by atoms with Gasteiger partial charge in [-0.3, -0.25) is 14.8 Å². The minimum absolute atomic E-state index is 0.444. The van der Waals surface area contributed by atoms with Crippen molar-refractivity contribution in [1.82, 2.24) is 14.8 Å². The molecule has 0 unspecified atom stereocenters. The summed E-state index contributed by atoms with van der Waals surface area (Å²) in [4.78, 5) is 27.0. The number of carboxylic acid groups (broad SMARTS) is 2. The third-order valence-corrected chi connectivity index (χ3v) is 7.90. The number of aliphatic carboxylic acids is 2. The molecule has 0 amide bonds. The van der Waals surface area contributed by atoms with Crippen LogP contribution in [0.2, 0.25) is 0 Å². The van der Waals surface area contributed by atoms with E-state index in [2.05, 4.69) is 26.9 Å². The van der Waals surface area contributed by atoms with E-state index in [4.69, 9.17) is 19.8 Å². The summed E-state index contributed by atoms with van der Waals surface area (Å²) in [6.45, 7) is 5.22. The first kappa shape index (κ1) is 43.5. The number of carbonyl (C=O) groups is 2. The highest BCUT2D eigenvalue weighted by molar-refractivity contribution is 5.81. The number of nitrogens with zero attached hydrogens (tertiary/aromatic N) is 3. The van der Waals surface area contributed by atoms with Crippen LogP contribution in [0.25, 0.3) is 22.0 Å². The van der Waals surface area contributed by atoms with Gasteiger partial charge in [-0.1, -0.05) is 66.7 Å². The molecule has 2 heterocycles. The van der Waals surface area contributed by atoms with E-state index in [0.717, 1.165) is 62.5 Å². The molecule has 1 saturated heterocycles. The molecule has 3 aromatic carbocycles. The molecule has 1 fully saturated rings. The Morgan fingerprint density at radius 1 is 0.593 bits per heavy atom. The van der Waals surface area contributed by atoms with Gasteiger partial charge in [-0.05, 0) is 34.4 Å². The normalized spacial score (nSPS) is 14.8. The fraction of sp³-hybridized carbons (Fsp3) is 0.324. The second kappa shape index (κ2) is 17.0. The number of hydrogen-bond donors (Lipinski definition) is 3. The highest BCUT2D eigenvalue weighted by Crippen LogP contribution is 2.50. The number of aromatic nitrogens is 1. The van der Waals surface area contributed by atoms with E-state index in [1.54, 1.807) is 12.1 Å². The van der Waals surface area contributed by atoms with Crippen LogP contribution in [0.3, 0.4) is 0 Å². The second-order valence-electron chi connectivity index (χ2n) is 11.6. The van der Waals surface area contributed by atoms with Gasteiger partial charge in [-0.25, -0.2) is 9.59 Å². The zero-order chi connectivity index (χ0) is 40.7. The molecule has 4 aromatic rings. The molecule has 1 aliphatic heterocycles. The van der Waals surface area contributed by atoms with Crippen molar-refractivity contribution in [3.05, 3.63) is 102 Å². The molecule has 0 radical (unpaired) electrons. The maximum absolute atomic E-state index is 13.1. The molecule has 20 heteroatoms. The molecule has 1 aliphatic rings. The van der Waals surface area contributed by atoms with Gasteiger partial charge < -0.3 is 15.3 Å². The largest absolute Gasteiger partial charge is 0.490 e. The van der Waals surface area contributed by atoms with Crippen molar-refractivity contribution in [1.29, 1.82) is 0 Å². The lowest BCUT2D eigenvalue weighted by Crippen LogP contribution is -2.53. The lowest BCUT2D eigenvalue weighted by Gasteiger charge is -2.35. The zero-order valence-corrected chi connectivity index (χ0v) is 27.4. The van der Waals surface area contributed by atoms with Gasteiger partial charge in [-0.15, -0.1) is 0 Å². The Kier molecular flexibility index (Phi) is 13.7. The maximum Gasteiger partial charge on any atom is 0.490 e. The Bertz CT molecular complexity index is 1810. The van der Waals surface area contributed by atoms with E-state index >= 15 is 0 Å².